The van der Waals surface area contributed by atoms with Gasteiger partial charge in [0, 0.05) is 42.7 Å². The van der Waals surface area contributed by atoms with E-state index in [4.69, 9.17) is 9.47 Å². The van der Waals surface area contributed by atoms with Gasteiger partial charge >= 0.3 is 0 Å². The second-order valence-corrected chi connectivity index (χ2v) is 10.1. The standard InChI is InChI=1S/C27H36N2O4/c1-4-16-15-29-8-6-18-12-26(32-2)27(33-3)14-21(18)23(29)10-19(16)9-22-20-13-25(31)24(30)11-17(20)5-7-28-22/h11-14,16,19,22-23,28,30-31H,4-10,15H2,1-3H3/p+2/t16-,19-,22+,23-/m0/s1. The zero-order valence-corrected chi connectivity index (χ0v) is 20.1. The van der Waals surface area contributed by atoms with Crippen LogP contribution in [0.4, 0.5) is 0 Å². The number of nitrogens with one attached hydrogen (secondary N) is 1. The minimum Gasteiger partial charge on any atom is -0.504 e. The Hall–Kier alpha value is -2.44. The number of hydrogen-bond acceptors (Lipinski definition) is 4. The Balaban J connectivity index is 1.43. The Labute approximate surface area is 196 Å². The Kier molecular flexibility index (Phi) is 6.14. The molecule has 1 unspecified atom stereocenters. The van der Waals surface area contributed by atoms with Gasteiger partial charge in [0.25, 0.3) is 0 Å². The van der Waals surface area contributed by atoms with Crippen LogP contribution in [0.15, 0.2) is 24.3 Å². The summed E-state index contributed by atoms with van der Waals surface area (Å²) in [5.41, 5.74) is 5.24. The molecular formula is C27H38N2O4+2. The molecule has 1 saturated heterocycles. The monoisotopic (exact) mass is 454 g/mol. The number of phenols is 2. The van der Waals surface area contributed by atoms with Crippen LogP contribution in [0.25, 0.3) is 0 Å². The molecule has 2 aromatic carbocycles. The van der Waals surface area contributed by atoms with E-state index in [1.165, 1.54) is 48.2 Å². The van der Waals surface area contributed by atoms with Crippen molar-refractivity contribution in [3.8, 4) is 23.0 Å². The lowest BCUT2D eigenvalue weighted by Crippen LogP contribution is -3.15. The van der Waals surface area contributed by atoms with Crippen molar-refractivity contribution in [3.63, 3.8) is 0 Å². The van der Waals surface area contributed by atoms with Gasteiger partial charge in [0.1, 0.15) is 12.1 Å². The number of piperidine rings is 1. The first-order valence-electron chi connectivity index (χ1n) is 12.5. The fourth-order valence-electron chi connectivity index (χ4n) is 6.78. The van der Waals surface area contributed by atoms with Gasteiger partial charge in [0.2, 0.25) is 0 Å². The number of phenolic OH excluding ortho intramolecular Hbond substituents is 2. The molecule has 6 nitrogen and oxygen atoms in total. The van der Waals surface area contributed by atoms with Crippen molar-refractivity contribution >= 4 is 0 Å². The van der Waals surface area contributed by atoms with E-state index in [2.05, 4.69) is 24.4 Å². The SMILES string of the molecule is CC[C@H]1C[NH+]2CCc3cc(OC)c(OC)cc3[C@@H]2C[C@@H]1C[C@H]1[NH2+]CCc2cc(O)c(O)cc21. The fourth-order valence-corrected chi connectivity index (χ4v) is 6.78. The molecule has 33 heavy (non-hydrogen) atoms. The third-order valence-corrected chi connectivity index (χ3v) is 8.54. The van der Waals surface area contributed by atoms with E-state index in [0.29, 0.717) is 23.9 Å². The summed E-state index contributed by atoms with van der Waals surface area (Å²) in [6, 6.07) is 8.83. The zero-order valence-electron chi connectivity index (χ0n) is 20.1. The molecular weight excluding hydrogens is 416 g/mol. The van der Waals surface area contributed by atoms with Crippen LogP contribution in [0.3, 0.4) is 0 Å². The molecule has 3 aliphatic heterocycles. The van der Waals surface area contributed by atoms with Crippen molar-refractivity contribution in [1.29, 1.82) is 0 Å². The summed E-state index contributed by atoms with van der Waals surface area (Å²) in [5, 5.41) is 22.6. The molecule has 0 spiro atoms. The van der Waals surface area contributed by atoms with Crippen molar-refractivity contribution in [2.24, 2.45) is 11.8 Å². The summed E-state index contributed by atoms with van der Waals surface area (Å²) in [7, 11) is 3.43. The number of fused-ring (bicyclic) bond motifs is 4. The van der Waals surface area contributed by atoms with Gasteiger partial charge in [0.15, 0.2) is 23.0 Å². The molecule has 0 saturated carbocycles. The second-order valence-electron chi connectivity index (χ2n) is 10.1. The lowest BCUT2D eigenvalue weighted by atomic mass is 9.72. The lowest BCUT2D eigenvalue weighted by Gasteiger charge is -2.45. The second kappa shape index (κ2) is 9.07. The Morgan fingerprint density at radius 3 is 2.42 bits per heavy atom. The summed E-state index contributed by atoms with van der Waals surface area (Å²) in [6.45, 7) is 5.78. The van der Waals surface area contributed by atoms with Crippen LogP contribution in [0.1, 0.15) is 60.5 Å². The summed E-state index contributed by atoms with van der Waals surface area (Å²) in [5.74, 6) is 3.00. The number of rotatable bonds is 5. The van der Waals surface area contributed by atoms with Gasteiger partial charge in [-0.2, -0.15) is 0 Å². The minimum absolute atomic E-state index is 0.000862. The molecule has 0 amide bonds. The topological polar surface area (TPSA) is 80.0 Å². The third kappa shape index (κ3) is 4.04. The number of quaternary nitrogens is 2. The van der Waals surface area contributed by atoms with Crippen LogP contribution in [0, 0.1) is 11.8 Å². The van der Waals surface area contributed by atoms with Crippen LogP contribution in [0.5, 0.6) is 23.0 Å². The molecule has 178 valence electrons. The first-order valence-corrected chi connectivity index (χ1v) is 12.5. The van der Waals surface area contributed by atoms with Gasteiger partial charge in [-0.1, -0.05) is 6.92 Å². The average Bonchev–Trinajstić information content (AvgIpc) is 2.83. The van der Waals surface area contributed by atoms with Gasteiger partial charge in [-0.05, 0) is 47.7 Å². The number of ether oxygens (including phenoxy) is 2. The minimum atomic E-state index is 0.000862. The smallest absolute Gasteiger partial charge is 0.161 e. The molecule has 0 bridgehead atoms. The van der Waals surface area contributed by atoms with Crippen LogP contribution in [0.2, 0.25) is 0 Å². The largest absolute Gasteiger partial charge is 0.504 e. The first-order chi connectivity index (χ1) is 16.0. The highest BCUT2D eigenvalue weighted by Crippen LogP contribution is 2.42. The summed E-state index contributed by atoms with van der Waals surface area (Å²) >= 11 is 0. The highest BCUT2D eigenvalue weighted by atomic mass is 16.5. The van der Waals surface area contributed by atoms with Crippen molar-refractivity contribution in [3.05, 3.63) is 46.5 Å². The molecule has 0 radical (unpaired) electrons. The van der Waals surface area contributed by atoms with Crippen molar-refractivity contribution in [1.82, 2.24) is 0 Å². The predicted molar refractivity (Wildman–Crippen MR) is 126 cm³/mol. The van der Waals surface area contributed by atoms with Crippen LogP contribution in [-0.2, 0) is 12.8 Å². The van der Waals surface area contributed by atoms with E-state index >= 15 is 0 Å². The van der Waals surface area contributed by atoms with Gasteiger partial charge in [-0.25, -0.2) is 0 Å². The maximum atomic E-state index is 10.2. The van der Waals surface area contributed by atoms with E-state index in [1.807, 2.05) is 0 Å². The quantitative estimate of drug-likeness (QED) is 0.521. The molecule has 1 fully saturated rings. The molecule has 0 aromatic heterocycles. The maximum absolute atomic E-state index is 10.2. The predicted octanol–water partition coefficient (Wildman–Crippen LogP) is 1.89. The number of nitrogens with two attached hydrogens (primary N) is 1. The van der Waals surface area contributed by atoms with Gasteiger partial charge < -0.3 is 29.9 Å². The summed E-state index contributed by atoms with van der Waals surface area (Å²) < 4.78 is 11.2. The van der Waals surface area contributed by atoms with Crippen LogP contribution in [-0.4, -0.2) is 44.1 Å². The Bertz CT molecular complexity index is 1020. The van der Waals surface area contributed by atoms with E-state index in [9.17, 15) is 10.2 Å². The van der Waals surface area contributed by atoms with E-state index in [1.54, 1.807) is 31.3 Å². The fraction of sp³-hybridized carbons (Fsp3) is 0.556. The number of hydrogen-bond donors (Lipinski definition) is 4. The van der Waals surface area contributed by atoms with Gasteiger partial charge in [0.05, 0.1) is 33.9 Å². The molecule has 6 heteroatoms. The summed E-state index contributed by atoms with van der Waals surface area (Å²) in [6.07, 6.45) is 5.54. The number of methoxy groups -OCH3 is 2. The van der Waals surface area contributed by atoms with Crippen molar-refractivity contribution in [2.75, 3.05) is 33.9 Å². The first kappa shape index (κ1) is 22.4. The van der Waals surface area contributed by atoms with Crippen molar-refractivity contribution < 1.29 is 29.9 Å². The van der Waals surface area contributed by atoms with Crippen LogP contribution < -0.4 is 19.7 Å². The molecule has 5 N–H and O–H groups in total. The average molecular weight is 455 g/mol. The van der Waals surface area contributed by atoms with Crippen molar-refractivity contribution in [2.45, 2.75) is 51.1 Å². The van der Waals surface area contributed by atoms with Crippen LogP contribution >= 0.6 is 0 Å². The van der Waals surface area contributed by atoms with E-state index in [-0.39, 0.29) is 11.5 Å². The molecule has 5 atom stereocenters. The maximum Gasteiger partial charge on any atom is 0.161 e. The molecule has 5 rings (SSSR count). The third-order valence-electron chi connectivity index (χ3n) is 8.54. The number of benzene rings is 2. The Morgan fingerprint density at radius 2 is 1.67 bits per heavy atom. The van der Waals surface area contributed by atoms with E-state index < -0.39 is 0 Å². The highest BCUT2D eigenvalue weighted by Gasteiger charge is 2.43. The molecule has 2 aromatic rings. The zero-order chi connectivity index (χ0) is 23.1. The van der Waals surface area contributed by atoms with E-state index in [0.717, 1.165) is 37.3 Å². The molecule has 3 heterocycles. The highest BCUT2D eigenvalue weighted by molar-refractivity contribution is 5.49. The van der Waals surface area contributed by atoms with Gasteiger partial charge in [-0.15, -0.1) is 0 Å². The Morgan fingerprint density at radius 1 is 0.939 bits per heavy atom. The molecule has 3 aliphatic rings. The van der Waals surface area contributed by atoms with Gasteiger partial charge in [-0.3, -0.25) is 0 Å². The summed E-state index contributed by atoms with van der Waals surface area (Å²) in [4.78, 5) is 1.72. The normalized spacial score (nSPS) is 28.4. The molecule has 0 aliphatic carbocycles. The lowest BCUT2D eigenvalue weighted by molar-refractivity contribution is -0.944. The number of aromatic hydroxyl groups is 2.